The van der Waals surface area contributed by atoms with Gasteiger partial charge in [-0.25, -0.2) is 13.1 Å². The van der Waals surface area contributed by atoms with Crippen LogP contribution in [0.2, 0.25) is 5.02 Å². The minimum Gasteiger partial charge on any atom is -0.340 e. The first-order valence-electron chi connectivity index (χ1n) is 6.20. The summed E-state index contributed by atoms with van der Waals surface area (Å²) in [5.74, 6) is 0.878. The Hall–Kier alpha value is -1.48. The Labute approximate surface area is 127 Å². The highest BCUT2D eigenvalue weighted by molar-refractivity contribution is 7.89. The molecule has 0 fully saturated rings. The molecule has 0 radical (unpaired) electrons. The van der Waals surface area contributed by atoms with Crippen LogP contribution in [0.1, 0.15) is 17.3 Å². The number of nitrogens with zero attached hydrogens (tertiary/aromatic N) is 2. The van der Waals surface area contributed by atoms with E-state index < -0.39 is 10.0 Å². The van der Waals surface area contributed by atoms with Crippen molar-refractivity contribution in [3.63, 3.8) is 0 Å². The minimum atomic E-state index is -3.71. The van der Waals surface area contributed by atoms with E-state index in [1.54, 1.807) is 13.0 Å². The molecular weight excluding hydrogens is 316 g/mol. The molecule has 0 aliphatic carbocycles. The molecule has 114 valence electrons. The fraction of sp³-hybridized carbons (Fsp3) is 0.333. The van der Waals surface area contributed by atoms with E-state index in [9.17, 15) is 8.42 Å². The first-order valence-corrected chi connectivity index (χ1v) is 8.06. The molecule has 1 heterocycles. The van der Waals surface area contributed by atoms with Crippen LogP contribution in [-0.2, 0) is 23.0 Å². The maximum atomic E-state index is 12.2. The van der Waals surface area contributed by atoms with E-state index in [4.69, 9.17) is 21.9 Å². The summed E-state index contributed by atoms with van der Waals surface area (Å²) in [5.41, 5.74) is 6.19. The van der Waals surface area contributed by atoms with Crippen molar-refractivity contribution in [1.29, 1.82) is 0 Å². The normalized spacial score (nSPS) is 11.8. The standard InChI is InChI=1S/C12H15ClN4O3S/c1-8-16-12(17-20-8)4-5-15-21(18,19)11-6-9(7-14)2-3-10(11)13/h2-3,6,15H,4-5,7,14H2,1H3. The number of nitrogens with two attached hydrogens (primary N) is 1. The first kappa shape index (κ1) is 15.9. The van der Waals surface area contributed by atoms with Gasteiger partial charge in [-0.1, -0.05) is 22.8 Å². The van der Waals surface area contributed by atoms with Crippen LogP contribution in [0.3, 0.4) is 0 Å². The lowest BCUT2D eigenvalue weighted by Gasteiger charge is -2.09. The molecule has 1 aromatic carbocycles. The molecule has 0 amide bonds. The second kappa shape index (κ2) is 6.52. The number of hydrogen-bond acceptors (Lipinski definition) is 6. The molecule has 3 N–H and O–H groups in total. The number of hydrogen-bond donors (Lipinski definition) is 2. The highest BCUT2D eigenvalue weighted by Gasteiger charge is 2.18. The van der Waals surface area contributed by atoms with E-state index in [2.05, 4.69) is 14.9 Å². The van der Waals surface area contributed by atoms with Crippen molar-refractivity contribution in [3.8, 4) is 0 Å². The lowest BCUT2D eigenvalue weighted by atomic mass is 10.2. The number of benzene rings is 1. The summed E-state index contributed by atoms with van der Waals surface area (Å²) >= 11 is 5.94. The average Bonchev–Trinajstić information content (AvgIpc) is 2.84. The summed E-state index contributed by atoms with van der Waals surface area (Å²) in [6, 6.07) is 4.66. The largest absolute Gasteiger partial charge is 0.340 e. The maximum absolute atomic E-state index is 12.2. The van der Waals surface area contributed by atoms with Crippen LogP contribution in [0, 0.1) is 6.92 Å². The summed E-state index contributed by atoms with van der Waals surface area (Å²) in [5, 5.41) is 3.84. The molecule has 0 saturated heterocycles. The van der Waals surface area contributed by atoms with Crippen molar-refractivity contribution in [3.05, 3.63) is 40.5 Å². The maximum Gasteiger partial charge on any atom is 0.242 e. The third kappa shape index (κ3) is 4.01. The number of aryl methyl sites for hydroxylation is 1. The van der Waals surface area contributed by atoms with E-state index >= 15 is 0 Å². The van der Waals surface area contributed by atoms with Crippen molar-refractivity contribution in [1.82, 2.24) is 14.9 Å². The molecule has 0 bridgehead atoms. The Morgan fingerprint density at radius 1 is 1.43 bits per heavy atom. The van der Waals surface area contributed by atoms with E-state index in [1.807, 2.05) is 0 Å². The summed E-state index contributed by atoms with van der Waals surface area (Å²) in [7, 11) is -3.71. The zero-order chi connectivity index (χ0) is 15.5. The SMILES string of the molecule is Cc1nc(CCNS(=O)(=O)c2cc(CN)ccc2Cl)no1. The molecule has 0 spiro atoms. The Morgan fingerprint density at radius 2 is 2.19 bits per heavy atom. The summed E-state index contributed by atoms with van der Waals surface area (Å²) < 4.78 is 31.7. The van der Waals surface area contributed by atoms with Gasteiger partial charge in [0.25, 0.3) is 0 Å². The van der Waals surface area contributed by atoms with Gasteiger partial charge in [0.05, 0.1) is 5.02 Å². The van der Waals surface area contributed by atoms with Gasteiger partial charge in [0.15, 0.2) is 5.82 Å². The van der Waals surface area contributed by atoms with Crippen LogP contribution in [-0.4, -0.2) is 25.1 Å². The summed E-state index contributed by atoms with van der Waals surface area (Å²) in [6.45, 7) is 2.05. The fourth-order valence-corrected chi connectivity index (χ4v) is 3.28. The molecule has 0 atom stereocenters. The van der Waals surface area contributed by atoms with Gasteiger partial charge in [0.2, 0.25) is 15.9 Å². The number of aromatic nitrogens is 2. The molecule has 2 aromatic rings. The highest BCUT2D eigenvalue weighted by atomic mass is 35.5. The predicted octanol–water partition coefficient (Wildman–Crippen LogP) is 1.01. The molecule has 9 heteroatoms. The van der Waals surface area contributed by atoms with Gasteiger partial charge >= 0.3 is 0 Å². The number of halogens is 1. The van der Waals surface area contributed by atoms with Crippen LogP contribution < -0.4 is 10.5 Å². The number of rotatable bonds is 6. The summed E-state index contributed by atoms with van der Waals surface area (Å²) in [6.07, 6.45) is 0.324. The molecule has 2 rings (SSSR count). The zero-order valence-electron chi connectivity index (χ0n) is 11.3. The number of sulfonamides is 1. The van der Waals surface area contributed by atoms with Crippen molar-refractivity contribution < 1.29 is 12.9 Å². The third-order valence-electron chi connectivity index (χ3n) is 2.73. The van der Waals surface area contributed by atoms with Crippen LogP contribution in [0.4, 0.5) is 0 Å². The molecule has 21 heavy (non-hydrogen) atoms. The molecule has 0 unspecified atom stereocenters. The predicted molar refractivity (Wildman–Crippen MR) is 77.3 cm³/mol. The number of nitrogens with one attached hydrogen (secondary N) is 1. The van der Waals surface area contributed by atoms with E-state index in [-0.39, 0.29) is 23.0 Å². The second-order valence-electron chi connectivity index (χ2n) is 4.35. The van der Waals surface area contributed by atoms with E-state index in [0.29, 0.717) is 23.7 Å². The van der Waals surface area contributed by atoms with Gasteiger partial charge in [-0.15, -0.1) is 0 Å². The van der Waals surface area contributed by atoms with E-state index in [1.165, 1.54) is 12.1 Å². The average molecular weight is 331 g/mol. The van der Waals surface area contributed by atoms with Crippen molar-refractivity contribution >= 4 is 21.6 Å². The van der Waals surface area contributed by atoms with Gasteiger partial charge in [-0.3, -0.25) is 0 Å². The van der Waals surface area contributed by atoms with Crippen LogP contribution in [0.5, 0.6) is 0 Å². The van der Waals surface area contributed by atoms with Crippen LogP contribution >= 0.6 is 11.6 Å². The lowest BCUT2D eigenvalue weighted by molar-refractivity contribution is 0.387. The van der Waals surface area contributed by atoms with Gasteiger partial charge < -0.3 is 10.3 Å². The second-order valence-corrected chi connectivity index (χ2v) is 6.49. The lowest BCUT2D eigenvalue weighted by Crippen LogP contribution is -2.26. The Kier molecular flexibility index (Phi) is 4.94. The van der Waals surface area contributed by atoms with Crippen LogP contribution in [0.15, 0.2) is 27.6 Å². The molecule has 0 saturated carbocycles. The molecule has 7 nitrogen and oxygen atoms in total. The fourth-order valence-electron chi connectivity index (χ4n) is 1.70. The first-order chi connectivity index (χ1) is 9.92. The third-order valence-corrected chi connectivity index (χ3v) is 4.67. The quantitative estimate of drug-likeness (QED) is 0.817. The van der Waals surface area contributed by atoms with Gasteiger partial charge in [-0.05, 0) is 17.7 Å². The Morgan fingerprint density at radius 3 is 2.81 bits per heavy atom. The van der Waals surface area contributed by atoms with E-state index in [0.717, 1.165) is 0 Å². The smallest absolute Gasteiger partial charge is 0.242 e. The van der Waals surface area contributed by atoms with Gasteiger partial charge in [0, 0.05) is 26.4 Å². The highest BCUT2D eigenvalue weighted by Crippen LogP contribution is 2.22. The van der Waals surface area contributed by atoms with Gasteiger partial charge in [-0.2, -0.15) is 4.98 Å². The van der Waals surface area contributed by atoms with Crippen LogP contribution in [0.25, 0.3) is 0 Å². The monoisotopic (exact) mass is 330 g/mol. The Bertz CT molecular complexity index is 730. The topological polar surface area (TPSA) is 111 Å². The molecule has 0 aliphatic heterocycles. The molecule has 0 aliphatic rings. The van der Waals surface area contributed by atoms with Crippen molar-refractivity contribution in [2.24, 2.45) is 5.73 Å². The molecular formula is C12H15ClN4O3S. The van der Waals surface area contributed by atoms with Crippen molar-refractivity contribution in [2.45, 2.75) is 24.8 Å². The van der Waals surface area contributed by atoms with Crippen molar-refractivity contribution in [2.75, 3.05) is 6.54 Å². The summed E-state index contributed by atoms with van der Waals surface area (Å²) in [4.78, 5) is 4.00. The van der Waals surface area contributed by atoms with Gasteiger partial charge in [0.1, 0.15) is 4.90 Å². The minimum absolute atomic E-state index is 0.0106. The zero-order valence-corrected chi connectivity index (χ0v) is 12.9. The molecule has 1 aromatic heterocycles. The Balaban J connectivity index is 2.07.